The van der Waals surface area contributed by atoms with Crippen LogP contribution in [-0.2, 0) is 0 Å². The monoisotopic (exact) mass is 250 g/mol. The molecule has 2 heterocycles. The number of aliphatic hydroxyl groups excluding tert-OH is 1. The van der Waals surface area contributed by atoms with Crippen molar-refractivity contribution < 1.29 is 5.11 Å². The topological polar surface area (TPSA) is 36.4 Å². The molecular weight excluding hydrogens is 236 g/mol. The van der Waals surface area contributed by atoms with E-state index in [1.54, 1.807) is 0 Å². The van der Waals surface area contributed by atoms with Gasteiger partial charge in [0, 0.05) is 12.2 Å². The van der Waals surface area contributed by atoms with Gasteiger partial charge >= 0.3 is 0 Å². The Kier molecular flexibility index (Phi) is 4.01. The van der Waals surface area contributed by atoms with Crippen molar-refractivity contribution in [3.8, 4) is 11.8 Å². The molecule has 1 atom stereocenters. The molecule has 0 unspecified atom stereocenters. The molecule has 1 N–H and O–H groups in total. The molecule has 1 aromatic heterocycles. The first-order chi connectivity index (χ1) is 8.22. The molecule has 0 aliphatic carbocycles. The molecule has 1 aliphatic rings. The number of likely N-dealkylation sites (tertiary alicyclic amines) is 1. The van der Waals surface area contributed by atoms with Crippen LogP contribution in [0.25, 0.3) is 0 Å². The Morgan fingerprint density at radius 3 is 3.12 bits per heavy atom. The second-order valence-electron chi connectivity index (χ2n) is 4.21. The summed E-state index contributed by atoms with van der Waals surface area (Å²) in [5.74, 6) is 5.43. The molecule has 0 aromatic carbocycles. The van der Waals surface area contributed by atoms with Crippen molar-refractivity contribution in [2.45, 2.75) is 18.9 Å². The van der Waals surface area contributed by atoms with Crippen LogP contribution in [0, 0.1) is 11.8 Å². The Hall–Kier alpha value is -1.08. The molecule has 1 fully saturated rings. The minimum absolute atomic E-state index is 0.163. The van der Waals surface area contributed by atoms with Crippen LogP contribution in [0.4, 0.5) is 0 Å². The number of aliphatic hydroxyl groups is 1. The van der Waals surface area contributed by atoms with Crippen LogP contribution in [0.1, 0.15) is 30.0 Å². The summed E-state index contributed by atoms with van der Waals surface area (Å²) in [6.45, 7) is 0.953. The number of hydrogen-bond donors (Lipinski definition) is 1. The molecule has 3 nitrogen and oxygen atoms in total. The third-order valence-corrected chi connectivity index (χ3v) is 3.37. The minimum Gasteiger partial charge on any atom is -0.384 e. The Balaban J connectivity index is 2.30. The zero-order valence-electron chi connectivity index (χ0n) is 9.78. The Morgan fingerprint density at radius 2 is 2.47 bits per heavy atom. The smallest absolute Gasteiger partial charge is 0.144 e. The van der Waals surface area contributed by atoms with Gasteiger partial charge in [0.2, 0.25) is 0 Å². The van der Waals surface area contributed by atoms with E-state index >= 15 is 0 Å². The maximum absolute atomic E-state index is 8.70. The second kappa shape index (κ2) is 5.50. The van der Waals surface area contributed by atoms with Crippen molar-refractivity contribution in [1.82, 2.24) is 9.88 Å². The van der Waals surface area contributed by atoms with Crippen LogP contribution in [0.5, 0.6) is 0 Å². The summed E-state index contributed by atoms with van der Waals surface area (Å²) in [6, 6.07) is 2.39. The van der Waals surface area contributed by atoms with E-state index in [0.717, 1.165) is 18.5 Å². The Labute approximate surface area is 106 Å². The van der Waals surface area contributed by atoms with Gasteiger partial charge in [-0.2, -0.15) is 0 Å². The lowest BCUT2D eigenvalue weighted by Gasteiger charge is -2.19. The molecular formula is C13H15ClN2O. The van der Waals surface area contributed by atoms with Crippen molar-refractivity contribution in [2.24, 2.45) is 0 Å². The number of hydrogen-bond acceptors (Lipinski definition) is 3. The first kappa shape index (κ1) is 12.4. The van der Waals surface area contributed by atoms with Gasteiger partial charge in [-0.3, -0.25) is 4.90 Å². The van der Waals surface area contributed by atoms with Gasteiger partial charge < -0.3 is 5.11 Å². The van der Waals surface area contributed by atoms with Gasteiger partial charge in [-0.25, -0.2) is 4.98 Å². The van der Waals surface area contributed by atoms with Crippen LogP contribution < -0.4 is 0 Å². The number of aromatic nitrogens is 1. The number of halogens is 1. The molecule has 0 amide bonds. The van der Waals surface area contributed by atoms with Crippen LogP contribution in [0.15, 0.2) is 12.3 Å². The lowest BCUT2D eigenvalue weighted by atomic mass is 10.1. The summed E-state index contributed by atoms with van der Waals surface area (Å²) >= 11 is 5.97. The molecule has 0 radical (unpaired) electrons. The SMILES string of the molecule is CN1CCC[C@H]1c1cnc(Cl)c(C#CCO)c1. The van der Waals surface area contributed by atoms with Gasteiger partial charge in [0.05, 0.1) is 5.56 Å². The summed E-state index contributed by atoms with van der Waals surface area (Å²) < 4.78 is 0. The summed E-state index contributed by atoms with van der Waals surface area (Å²) in [6.07, 6.45) is 4.17. The molecule has 1 saturated heterocycles. The summed E-state index contributed by atoms with van der Waals surface area (Å²) in [5.41, 5.74) is 1.84. The maximum atomic E-state index is 8.70. The van der Waals surface area contributed by atoms with E-state index in [4.69, 9.17) is 16.7 Å². The van der Waals surface area contributed by atoms with E-state index in [2.05, 4.69) is 28.8 Å². The molecule has 90 valence electrons. The van der Waals surface area contributed by atoms with E-state index in [1.807, 2.05) is 12.3 Å². The van der Waals surface area contributed by atoms with Crippen LogP contribution in [0.3, 0.4) is 0 Å². The highest BCUT2D eigenvalue weighted by Crippen LogP contribution is 2.31. The number of pyridine rings is 1. The van der Waals surface area contributed by atoms with E-state index in [-0.39, 0.29) is 6.61 Å². The fourth-order valence-electron chi connectivity index (χ4n) is 2.20. The molecule has 1 aliphatic heterocycles. The van der Waals surface area contributed by atoms with E-state index in [1.165, 1.54) is 6.42 Å². The van der Waals surface area contributed by atoms with Gasteiger partial charge in [0.15, 0.2) is 0 Å². The summed E-state index contributed by atoms with van der Waals surface area (Å²) in [4.78, 5) is 6.48. The number of rotatable bonds is 1. The van der Waals surface area contributed by atoms with E-state index in [9.17, 15) is 0 Å². The molecule has 0 saturated carbocycles. The lowest BCUT2D eigenvalue weighted by Crippen LogP contribution is -2.17. The van der Waals surface area contributed by atoms with Crippen molar-refractivity contribution in [2.75, 3.05) is 20.2 Å². The van der Waals surface area contributed by atoms with Crippen molar-refractivity contribution in [3.63, 3.8) is 0 Å². The van der Waals surface area contributed by atoms with Gasteiger partial charge in [-0.15, -0.1) is 0 Å². The standard InChI is InChI=1S/C13H15ClN2O/c1-16-6-2-5-12(16)11-8-10(4-3-7-17)13(14)15-9-11/h8-9,12,17H,2,5-7H2,1H3/t12-/m0/s1. The van der Waals surface area contributed by atoms with Gasteiger partial charge in [0.1, 0.15) is 11.8 Å². The largest absolute Gasteiger partial charge is 0.384 e. The second-order valence-corrected chi connectivity index (χ2v) is 4.56. The average Bonchev–Trinajstić information content (AvgIpc) is 2.75. The highest BCUT2D eigenvalue weighted by atomic mass is 35.5. The fraction of sp³-hybridized carbons (Fsp3) is 0.462. The van der Waals surface area contributed by atoms with E-state index < -0.39 is 0 Å². The molecule has 2 rings (SSSR count). The molecule has 0 spiro atoms. The number of nitrogens with zero attached hydrogens (tertiary/aromatic N) is 2. The highest BCUT2D eigenvalue weighted by molar-refractivity contribution is 6.30. The first-order valence-electron chi connectivity index (χ1n) is 5.68. The minimum atomic E-state index is -0.163. The average molecular weight is 251 g/mol. The van der Waals surface area contributed by atoms with Gasteiger partial charge in [-0.1, -0.05) is 23.4 Å². The third-order valence-electron chi connectivity index (χ3n) is 3.07. The Bertz CT molecular complexity index is 464. The molecule has 17 heavy (non-hydrogen) atoms. The maximum Gasteiger partial charge on any atom is 0.144 e. The van der Waals surface area contributed by atoms with Crippen molar-refractivity contribution in [3.05, 3.63) is 28.5 Å². The summed E-state index contributed by atoms with van der Waals surface area (Å²) in [7, 11) is 2.12. The van der Waals surface area contributed by atoms with Crippen molar-refractivity contribution >= 4 is 11.6 Å². The molecule has 0 bridgehead atoms. The zero-order valence-corrected chi connectivity index (χ0v) is 10.5. The predicted molar refractivity (Wildman–Crippen MR) is 67.8 cm³/mol. The molecule has 4 heteroatoms. The quantitative estimate of drug-likeness (QED) is 0.610. The highest BCUT2D eigenvalue weighted by Gasteiger charge is 2.23. The first-order valence-corrected chi connectivity index (χ1v) is 6.05. The van der Waals surface area contributed by atoms with Crippen LogP contribution in [-0.4, -0.2) is 35.2 Å². The fourth-order valence-corrected chi connectivity index (χ4v) is 2.35. The van der Waals surface area contributed by atoms with E-state index in [0.29, 0.717) is 16.8 Å². The lowest BCUT2D eigenvalue weighted by molar-refractivity contribution is 0.317. The summed E-state index contributed by atoms with van der Waals surface area (Å²) in [5, 5.41) is 9.09. The van der Waals surface area contributed by atoms with Crippen LogP contribution >= 0.6 is 11.6 Å². The predicted octanol–water partition coefficient (Wildman–Crippen LogP) is 1.85. The van der Waals surface area contributed by atoms with Crippen molar-refractivity contribution in [1.29, 1.82) is 0 Å². The van der Waals surface area contributed by atoms with Gasteiger partial charge in [-0.05, 0) is 38.1 Å². The zero-order chi connectivity index (χ0) is 12.3. The van der Waals surface area contributed by atoms with Gasteiger partial charge in [0.25, 0.3) is 0 Å². The third kappa shape index (κ3) is 2.78. The van der Waals surface area contributed by atoms with Crippen LogP contribution in [0.2, 0.25) is 5.15 Å². The normalized spacial score (nSPS) is 20.1. The Morgan fingerprint density at radius 1 is 1.65 bits per heavy atom. The molecule has 1 aromatic rings.